The van der Waals surface area contributed by atoms with Crippen molar-refractivity contribution in [2.24, 2.45) is 5.10 Å². The summed E-state index contributed by atoms with van der Waals surface area (Å²) in [4.78, 5) is 12.4. The van der Waals surface area contributed by atoms with Gasteiger partial charge in [0.1, 0.15) is 23.7 Å². The molecule has 0 atom stereocenters. The van der Waals surface area contributed by atoms with Crippen LogP contribution in [0, 0.1) is 14.9 Å². The number of fused-ring (bicyclic) bond motifs is 1. The molecule has 0 aliphatic heterocycles. The highest BCUT2D eigenvalue weighted by molar-refractivity contribution is 14.1. The van der Waals surface area contributed by atoms with Gasteiger partial charge >= 0.3 is 5.91 Å². The first-order valence-electron chi connectivity index (χ1n) is 10.5. The Morgan fingerprint density at radius 2 is 2.00 bits per heavy atom. The highest BCUT2D eigenvalue weighted by Gasteiger charge is 2.12. The van der Waals surface area contributed by atoms with Crippen LogP contribution in [0.1, 0.15) is 34.2 Å². The lowest BCUT2D eigenvalue weighted by atomic mass is 10.1. The molecule has 0 spiro atoms. The third-order valence-corrected chi connectivity index (χ3v) is 5.72. The fourth-order valence-corrected chi connectivity index (χ4v) is 3.93. The van der Waals surface area contributed by atoms with E-state index in [1.807, 2.05) is 49.4 Å². The predicted molar refractivity (Wildman–Crippen MR) is 137 cm³/mol. The number of amides is 1. The second-order valence-corrected chi connectivity index (χ2v) is 8.35. The molecule has 0 bridgehead atoms. The van der Waals surface area contributed by atoms with Gasteiger partial charge in [-0.1, -0.05) is 18.2 Å². The van der Waals surface area contributed by atoms with Gasteiger partial charge in [-0.25, -0.2) is 5.43 Å². The molecular formula is C26H20IN3O4. The molecule has 1 N–H and O–H groups in total. The van der Waals surface area contributed by atoms with E-state index in [0.717, 1.165) is 25.8 Å². The standard InChI is InChI=1S/C26H20IN3O4/c1-2-32-21-8-10-23-20(12-21)13-25(34-23)26(31)30-29-15-17-7-9-24(22(27)11-17)33-16-19-6-4-3-5-18(19)14-28/h3-13,15H,2,16H2,1H3,(H,30,31)/b29-15+. The van der Waals surface area contributed by atoms with Crippen LogP contribution in [0.5, 0.6) is 11.5 Å². The maximum Gasteiger partial charge on any atom is 0.307 e. The van der Waals surface area contributed by atoms with Crippen molar-refractivity contribution in [3.8, 4) is 17.6 Å². The summed E-state index contributed by atoms with van der Waals surface area (Å²) in [6, 6.07) is 22.1. The first kappa shape index (κ1) is 23.3. The van der Waals surface area contributed by atoms with Crippen molar-refractivity contribution in [2.75, 3.05) is 6.61 Å². The van der Waals surface area contributed by atoms with E-state index in [2.05, 4.69) is 39.2 Å². The van der Waals surface area contributed by atoms with Gasteiger partial charge in [0.05, 0.1) is 28.0 Å². The lowest BCUT2D eigenvalue weighted by molar-refractivity contribution is 0.0929. The first-order valence-corrected chi connectivity index (χ1v) is 11.6. The molecule has 7 nitrogen and oxygen atoms in total. The van der Waals surface area contributed by atoms with E-state index in [1.165, 1.54) is 0 Å². The molecule has 34 heavy (non-hydrogen) atoms. The van der Waals surface area contributed by atoms with E-state index >= 15 is 0 Å². The Bertz CT molecular complexity index is 1400. The number of nitrogens with one attached hydrogen (secondary N) is 1. The smallest absolute Gasteiger partial charge is 0.307 e. The molecule has 4 rings (SSSR count). The van der Waals surface area contributed by atoms with Crippen LogP contribution in [0.4, 0.5) is 0 Å². The number of carbonyl (C=O) groups is 1. The van der Waals surface area contributed by atoms with E-state index in [-0.39, 0.29) is 5.76 Å². The second-order valence-electron chi connectivity index (χ2n) is 7.19. The van der Waals surface area contributed by atoms with Crippen LogP contribution in [-0.4, -0.2) is 18.7 Å². The molecule has 8 heteroatoms. The SMILES string of the molecule is CCOc1ccc2oc(C(=O)N/N=C/c3ccc(OCc4ccccc4C#N)c(I)c3)cc2c1. The summed E-state index contributed by atoms with van der Waals surface area (Å²) in [5.74, 6) is 1.13. The third kappa shape index (κ3) is 5.55. The van der Waals surface area contributed by atoms with Crippen molar-refractivity contribution in [2.45, 2.75) is 13.5 Å². The molecule has 0 saturated heterocycles. The zero-order valence-electron chi connectivity index (χ0n) is 18.2. The van der Waals surface area contributed by atoms with Crippen LogP contribution in [-0.2, 0) is 6.61 Å². The van der Waals surface area contributed by atoms with Crippen LogP contribution >= 0.6 is 22.6 Å². The summed E-state index contributed by atoms with van der Waals surface area (Å²) < 4.78 is 17.8. The maximum atomic E-state index is 12.4. The molecule has 4 aromatic rings. The third-order valence-electron chi connectivity index (χ3n) is 4.88. The summed E-state index contributed by atoms with van der Waals surface area (Å²) in [5, 5.41) is 14.0. The largest absolute Gasteiger partial charge is 0.494 e. The molecular weight excluding hydrogens is 545 g/mol. The Kier molecular flexibility index (Phi) is 7.44. The Morgan fingerprint density at radius 1 is 1.15 bits per heavy atom. The zero-order valence-corrected chi connectivity index (χ0v) is 20.4. The molecule has 1 amide bonds. The number of benzene rings is 3. The minimum atomic E-state index is -0.448. The minimum Gasteiger partial charge on any atom is -0.494 e. The number of furan rings is 1. The van der Waals surface area contributed by atoms with Gasteiger partial charge in [-0.3, -0.25) is 4.79 Å². The average Bonchev–Trinajstić information content (AvgIpc) is 3.27. The molecule has 3 aromatic carbocycles. The Labute approximate surface area is 210 Å². The molecule has 0 radical (unpaired) electrons. The number of carbonyl (C=O) groups excluding carboxylic acids is 1. The summed E-state index contributed by atoms with van der Waals surface area (Å²) in [6.45, 7) is 2.77. The number of hydrogen-bond acceptors (Lipinski definition) is 6. The monoisotopic (exact) mass is 565 g/mol. The van der Waals surface area contributed by atoms with E-state index in [4.69, 9.17) is 13.9 Å². The highest BCUT2D eigenvalue weighted by Crippen LogP contribution is 2.25. The lowest BCUT2D eigenvalue weighted by Crippen LogP contribution is -2.16. The van der Waals surface area contributed by atoms with Crippen molar-refractivity contribution in [3.63, 3.8) is 0 Å². The quantitative estimate of drug-likeness (QED) is 0.169. The number of halogens is 1. The topological polar surface area (TPSA) is 96.8 Å². The Morgan fingerprint density at radius 3 is 2.79 bits per heavy atom. The van der Waals surface area contributed by atoms with E-state index in [0.29, 0.717) is 30.1 Å². The van der Waals surface area contributed by atoms with Gasteiger partial charge < -0.3 is 13.9 Å². The summed E-state index contributed by atoms with van der Waals surface area (Å²) >= 11 is 2.17. The lowest BCUT2D eigenvalue weighted by Gasteiger charge is -2.10. The van der Waals surface area contributed by atoms with Gasteiger partial charge in [-0.05, 0) is 83.6 Å². The molecule has 0 saturated carbocycles. The number of ether oxygens (including phenoxy) is 2. The van der Waals surface area contributed by atoms with Crippen LogP contribution < -0.4 is 14.9 Å². The van der Waals surface area contributed by atoms with E-state index < -0.39 is 5.91 Å². The van der Waals surface area contributed by atoms with Crippen molar-refractivity contribution in [1.29, 1.82) is 5.26 Å². The Hall–Kier alpha value is -3.84. The number of nitrogens with zero attached hydrogens (tertiary/aromatic N) is 2. The maximum absolute atomic E-state index is 12.4. The van der Waals surface area contributed by atoms with E-state index in [1.54, 1.807) is 30.5 Å². The average molecular weight is 565 g/mol. The molecule has 0 fully saturated rings. The van der Waals surface area contributed by atoms with Gasteiger partial charge in [0.2, 0.25) is 0 Å². The fraction of sp³-hybridized carbons (Fsp3) is 0.115. The van der Waals surface area contributed by atoms with Crippen molar-refractivity contribution < 1.29 is 18.7 Å². The minimum absolute atomic E-state index is 0.164. The summed E-state index contributed by atoms with van der Waals surface area (Å²) in [5.41, 5.74) is 5.29. The Balaban J connectivity index is 1.37. The van der Waals surface area contributed by atoms with Crippen LogP contribution in [0.2, 0.25) is 0 Å². The van der Waals surface area contributed by atoms with Gasteiger partial charge in [-0.2, -0.15) is 10.4 Å². The highest BCUT2D eigenvalue weighted by atomic mass is 127. The van der Waals surface area contributed by atoms with Gasteiger partial charge in [0.15, 0.2) is 5.76 Å². The van der Waals surface area contributed by atoms with Gasteiger partial charge in [0, 0.05) is 10.9 Å². The zero-order chi connectivity index (χ0) is 23.9. The van der Waals surface area contributed by atoms with Crippen molar-refractivity contribution in [3.05, 3.63) is 92.8 Å². The van der Waals surface area contributed by atoms with Crippen LogP contribution in [0.15, 0.2) is 76.2 Å². The van der Waals surface area contributed by atoms with Crippen molar-refractivity contribution in [1.82, 2.24) is 5.43 Å². The normalized spacial score (nSPS) is 10.9. The number of rotatable bonds is 8. The van der Waals surface area contributed by atoms with Gasteiger partial charge in [-0.15, -0.1) is 0 Å². The van der Waals surface area contributed by atoms with Crippen LogP contribution in [0.25, 0.3) is 11.0 Å². The second kappa shape index (κ2) is 10.9. The molecule has 1 aromatic heterocycles. The molecule has 0 unspecified atom stereocenters. The van der Waals surface area contributed by atoms with E-state index in [9.17, 15) is 10.1 Å². The number of nitriles is 1. The van der Waals surface area contributed by atoms with Gasteiger partial charge in [0.25, 0.3) is 0 Å². The first-order chi connectivity index (χ1) is 16.6. The number of hydrazone groups is 1. The fourth-order valence-electron chi connectivity index (χ4n) is 3.24. The van der Waals surface area contributed by atoms with Crippen molar-refractivity contribution >= 4 is 45.7 Å². The molecule has 1 heterocycles. The summed E-state index contributed by atoms with van der Waals surface area (Å²) in [7, 11) is 0. The van der Waals surface area contributed by atoms with Crippen LogP contribution in [0.3, 0.4) is 0 Å². The summed E-state index contributed by atoms with van der Waals surface area (Å²) in [6.07, 6.45) is 1.55. The predicted octanol–water partition coefficient (Wildman–Crippen LogP) is 5.65. The molecule has 170 valence electrons. The molecule has 0 aliphatic rings. The molecule has 0 aliphatic carbocycles. The number of hydrogen-bond donors (Lipinski definition) is 1.